The van der Waals surface area contributed by atoms with Crippen LogP contribution in [0, 0.1) is 0 Å². The van der Waals surface area contributed by atoms with Crippen LogP contribution in [0.4, 0.5) is 5.82 Å². The van der Waals surface area contributed by atoms with Gasteiger partial charge in [0.15, 0.2) is 11.5 Å². The third-order valence-electron chi connectivity index (χ3n) is 2.51. The number of hydrogen-bond donors (Lipinski definition) is 1. The summed E-state index contributed by atoms with van der Waals surface area (Å²) < 4.78 is 11.4. The zero-order chi connectivity index (χ0) is 13.5. The molecular formula is C15H18N2O2. The summed E-state index contributed by atoms with van der Waals surface area (Å²) >= 11 is 0. The van der Waals surface area contributed by atoms with Gasteiger partial charge in [-0.25, -0.2) is 4.98 Å². The number of ether oxygens (including phenoxy) is 2. The van der Waals surface area contributed by atoms with Crippen molar-refractivity contribution in [3.8, 4) is 11.5 Å². The predicted molar refractivity (Wildman–Crippen MR) is 75.2 cm³/mol. The molecule has 0 atom stereocenters. The second-order valence-electron chi connectivity index (χ2n) is 4.14. The monoisotopic (exact) mass is 258 g/mol. The summed E-state index contributed by atoms with van der Waals surface area (Å²) in [6, 6.07) is 13.1. The van der Waals surface area contributed by atoms with E-state index in [2.05, 4.69) is 11.9 Å². The molecule has 0 saturated heterocycles. The number of pyridine rings is 1. The predicted octanol–water partition coefficient (Wildman–Crippen LogP) is 3.03. The Morgan fingerprint density at radius 1 is 1.00 bits per heavy atom. The van der Waals surface area contributed by atoms with E-state index in [0.29, 0.717) is 19.0 Å². The van der Waals surface area contributed by atoms with Crippen LogP contribution in [0.2, 0.25) is 0 Å². The fourth-order valence-corrected chi connectivity index (χ4v) is 1.63. The number of para-hydroxylation sites is 2. The number of nitrogen functional groups attached to an aromatic ring is 1. The van der Waals surface area contributed by atoms with Gasteiger partial charge in [0, 0.05) is 0 Å². The van der Waals surface area contributed by atoms with E-state index in [1.165, 1.54) is 0 Å². The van der Waals surface area contributed by atoms with Gasteiger partial charge in [-0.15, -0.1) is 0 Å². The Morgan fingerprint density at radius 3 is 2.42 bits per heavy atom. The maximum atomic E-state index is 5.73. The molecule has 1 aromatic heterocycles. The van der Waals surface area contributed by atoms with Crippen LogP contribution < -0.4 is 15.2 Å². The summed E-state index contributed by atoms with van der Waals surface area (Å²) in [5, 5.41) is 0. The number of rotatable bonds is 6. The van der Waals surface area contributed by atoms with Gasteiger partial charge in [0.2, 0.25) is 0 Å². The Bertz CT molecular complexity index is 529. The minimum Gasteiger partial charge on any atom is -0.490 e. The quantitative estimate of drug-likeness (QED) is 0.865. The van der Waals surface area contributed by atoms with Crippen LogP contribution >= 0.6 is 0 Å². The fraction of sp³-hybridized carbons (Fsp3) is 0.267. The maximum Gasteiger partial charge on any atom is 0.161 e. The highest BCUT2D eigenvalue weighted by atomic mass is 16.5. The molecule has 0 radical (unpaired) electrons. The van der Waals surface area contributed by atoms with E-state index in [4.69, 9.17) is 15.2 Å². The van der Waals surface area contributed by atoms with E-state index in [1.807, 2.05) is 36.4 Å². The summed E-state index contributed by atoms with van der Waals surface area (Å²) in [5.74, 6) is 1.98. The highest BCUT2D eigenvalue weighted by Gasteiger charge is 2.04. The number of benzene rings is 1. The highest BCUT2D eigenvalue weighted by molar-refractivity contribution is 5.39. The van der Waals surface area contributed by atoms with Gasteiger partial charge in [-0.2, -0.15) is 0 Å². The van der Waals surface area contributed by atoms with Crippen molar-refractivity contribution >= 4 is 5.82 Å². The van der Waals surface area contributed by atoms with Crippen molar-refractivity contribution in [2.45, 2.75) is 20.0 Å². The molecule has 0 fully saturated rings. The van der Waals surface area contributed by atoms with Crippen molar-refractivity contribution < 1.29 is 9.47 Å². The van der Waals surface area contributed by atoms with Gasteiger partial charge in [-0.1, -0.05) is 25.1 Å². The first-order chi connectivity index (χ1) is 9.29. The van der Waals surface area contributed by atoms with E-state index >= 15 is 0 Å². The first-order valence-corrected chi connectivity index (χ1v) is 6.35. The van der Waals surface area contributed by atoms with Crippen LogP contribution in [-0.4, -0.2) is 11.6 Å². The number of nitrogens with two attached hydrogens (primary N) is 1. The smallest absolute Gasteiger partial charge is 0.161 e. The molecule has 0 aliphatic heterocycles. The summed E-state index contributed by atoms with van der Waals surface area (Å²) in [6.45, 7) is 3.12. The lowest BCUT2D eigenvalue weighted by molar-refractivity contribution is 0.259. The summed E-state index contributed by atoms with van der Waals surface area (Å²) in [5.41, 5.74) is 6.43. The molecule has 0 aliphatic rings. The molecule has 1 heterocycles. The fourth-order valence-electron chi connectivity index (χ4n) is 1.63. The Hall–Kier alpha value is -2.23. The normalized spacial score (nSPS) is 10.2. The molecule has 0 spiro atoms. The molecule has 2 aromatic rings. The van der Waals surface area contributed by atoms with Crippen LogP contribution in [0.3, 0.4) is 0 Å². The minimum atomic E-state index is 0.373. The molecule has 0 aliphatic carbocycles. The third kappa shape index (κ3) is 3.88. The Labute approximate surface area is 113 Å². The molecule has 0 unspecified atom stereocenters. The lowest BCUT2D eigenvalue weighted by Gasteiger charge is -2.11. The van der Waals surface area contributed by atoms with Crippen LogP contribution in [0.25, 0.3) is 0 Å². The molecule has 1 aromatic carbocycles. The lowest BCUT2D eigenvalue weighted by Crippen LogP contribution is -2.02. The van der Waals surface area contributed by atoms with Gasteiger partial charge in [0.25, 0.3) is 0 Å². The van der Waals surface area contributed by atoms with E-state index < -0.39 is 0 Å². The number of nitrogens with zero attached hydrogens (tertiary/aromatic N) is 1. The van der Waals surface area contributed by atoms with Crippen molar-refractivity contribution in [3.63, 3.8) is 0 Å². The first-order valence-electron chi connectivity index (χ1n) is 6.35. The van der Waals surface area contributed by atoms with Crippen molar-refractivity contribution in [2.75, 3.05) is 12.3 Å². The van der Waals surface area contributed by atoms with Gasteiger partial charge >= 0.3 is 0 Å². The van der Waals surface area contributed by atoms with Crippen LogP contribution in [0.15, 0.2) is 42.5 Å². The molecule has 2 rings (SSSR count). The van der Waals surface area contributed by atoms with E-state index in [9.17, 15) is 0 Å². The molecule has 100 valence electrons. The molecule has 4 nitrogen and oxygen atoms in total. The zero-order valence-electron chi connectivity index (χ0n) is 11.0. The summed E-state index contributed by atoms with van der Waals surface area (Å²) in [4.78, 5) is 4.19. The largest absolute Gasteiger partial charge is 0.490 e. The molecule has 0 bridgehead atoms. The molecule has 4 heteroatoms. The van der Waals surface area contributed by atoms with E-state index in [1.54, 1.807) is 6.07 Å². The minimum absolute atomic E-state index is 0.373. The van der Waals surface area contributed by atoms with Crippen molar-refractivity contribution in [2.24, 2.45) is 0 Å². The number of hydrogen-bond acceptors (Lipinski definition) is 4. The van der Waals surface area contributed by atoms with E-state index in [0.717, 1.165) is 23.6 Å². The summed E-state index contributed by atoms with van der Waals surface area (Å²) in [6.07, 6.45) is 0.963. The molecule has 19 heavy (non-hydrogen) atoms. The zero-order valence-corrected chi connectivity index (χ0v) is 11.0. The third-order valence-corrected chi connectivity index (χ3v) is 2.51. The second-order valence-corrected chi connectivity index (χ2v) is 4.14. The van der Waals surface area contributed by atoms with Crippen molar-refractivity contribution in [3.05, 3.63) is 48.2 Å². The van der Waals surface area contributed by atoms with Crippen molar-refractivity contribution in [1.82, 2.24) is 4.98 Å². The SMILES string of the molecule is CCCOc1ccccc1OCc1cccc(N)n1. The van der Waals surface area contributed by atoms with Gasteiger partial charge in [0.1, 0.15) is 12.4 Å². The topological polar surface area (TPSA) is 57.4 Å². The number of aromatic nitrogens is 1. The lowest BCUT2D eigenvalue weighted by atomic mass is 10.3. The second kappa shape index (κ2) is 6.64. The summed E-state index contributed by atoms with van der Waals surface area (Å²) in [7, 11) is 0. The Kier molecular flexibility index (Phi) is 4.61. The van der Waals surface area contributed by atoms with Gasteiger partial charge in [-0.3, -0.25) is 0 Å². The molecule has 0 saturated carbocycles. The standard InChI is InChI=1S/C15H18N2O2/c1-2-10-18-13-7-3-4-8-14(13)19-11-12-6-5-9-15(16)17-12/h3-9H,2,10-11H2,1H3,(H2,16,17). The molecular weight excluding hydrogens is 240 g/mol. The average molecular weight is 258 g/mol. The molecule has 0 amide bonds. The Balaban J connectivity index is 2.02. The van der Waals surface area contributed by atoms with Gasteiger partial charge in [-0.05, 0) is 30.7 Å². The first kappa shape index (κ1) is 13.2. The maximum absolute atomic E-state index is 5.73. The molecule has 2 N–H and O–H groups in total. The Morgan fingerprint density at radius 2 is 1.74 bits per heavy atom. The van der Waals surface area contributed by atoms with Gasteiger partial charge < -0.3 is 15.2 Å². The van der Waals surface area contributed by atoms with Crippen LogP contribution in [0.1, 0.15) is 19.0 Å². The van der Waals surface area contributed by atoms with Crippen LogP contribution in [0.5, 0.6) is 11.5 Å². The highest BCUT2D eigenvalue weighted by Crippen LogP contribution is 2.27. The number of anilines is 1. The van der Waals surface area contributed by atoms with Gasteiger partial charge in [0.05, 0.1) is 12.3 Å². The van der Waals surface area contributed by atoms with E-state index in [-0.39, 0.29) is 0 Å². The average Bonchev–Trinajstić information content (AvgIpc) is 2.44. The van der Waals surface area contributed by atoms with Crippen molar-refractivity contribution in [1.29, 1.82) is 0 Å². The van der Waals surface area contributed by atoms with Crippen LogP contribution in [-0.2, 0) is 6.61 Å².